The van der Waals surface area contributed by atoms with Crippen LogP contribution < -0.4 is 16.4 Å². The molecule has 0 saturated heterocycles. The number of aryl methyl sites for hydroxylation is 1. The summed E-state index contributed by atoms with van der Waals surface area (Å²) < 4.78 is 6.46. The van der Waals surface area contributed by atoms with Gasteiger partial charge in [0.2, 0.25) is 11.0 Å². The lowest BCUT2D eigenvalue weighted by atomic mass is 10.2. The number of aromatic amines is 1. The van der Waals surface area contributed by atoms with Gasteiger partial charge in [0, 0.05) is 6.42 Å². The number of hydrogen-bond acceptors (Lipinski definition) is 9. The highest BCUT2D eigenvalue weighted by atomic mass is 32.2. The monoisotopic (exact) mass is 435 g/mol. The zero-order chi connectivity index (χ0) is 20.8. The predicted molar refractivity (Wildman–Crippen MR) is 109 cm³/mol. The Morgan fingerprint density at radius 3 is 2.76 bits per heavy atom. The molecule has 0 fully saturated rings. The Morgan fingerprint density at radius 1 is 1.24 bits per heavy atom. The number of rotatable bonds is 8. The lowest BCUT2D eigenvalue weighted by molar-refractivity contribution is -0.139. The third-order valence-corrected chi connectivity index (χ3v) is 5.66. The minimum Gasteiger partial charge on any atom is -0.465 e. The van der Waals surface area contributed by atoms with Crippen molar-refractivity contribution in [2.75, 3.05) is 17.7 Å². The number of carbonyl (C=O) groups excluding carboxylic acids is 2. The Bertz CT molecular complexity index is 1150. The number of anilines is 1. The molecule has 10 nitrogen and oxygen atoms in total. The van der Waals surface area contributed by atoms with E-state index in [1.165, 1.54) is 11.8 Å². The molecule has 12 heteroatoms. The highest BCUT2D eigenvalue weighted by Gasteiger charge is 2.12. The molecule has 0 aliphatic carbocycles. The number of amides is 1. The summed E-state index contributed by atoms with van der Waals surface area (Å²) in [4.78, 5) is 48.0. The smallest absolute Gasteiger partial charge is 0.316 e. The Morgan fingerprint density at radius 2 is 2.00 bits per heavy atom. The second-order valence-corrected chi connectivity index (χ2v) is 7.91. The molecular weight excluding hydrogens is 418 g/mol. The SMILES string of the molecule is CCOC(=O)CSc1nnc(NC(=O)CCn2[nH]c(=O)c3ccccc3c2=O)s1. The number of H-pyrrole nitrogens is 1. The first-order valence-electron chi connectivity index (χ1n) is 8.61. The molecule has 29 heavy (non-hydrogen) atoms. The number of hydrogen-bond donors (Lipinski definition) is 2. The highest BCUT2D eigenvalue weighted by molar-refractivity contribution is 8.01. The van der Waals surface area contributed by atoms with Crippen LogP contribution in [0.4, 0.5) is 5.13 Å². The van der Waals surface area contributed by atoms with Gasteiger partial charge in [-0.3, -0.25) is 24.3 Å². The van der Waals surface area contributed by atoms with E-state index < -0.39 is 5.56 Å². The van der Waals surface area contributed by atoms with E-state index in [2.05, 4.69) is 20.6 Å². The number of carbonyl (C=O) groups is 2. The fraction of sp³-hybridized carbons (Fsp3) is 0.294. The van der Waals surface area contributed by atoms with Crippen molar-refractivity contribution in [1.29, 1.82) is 0 Å². The van der Waals surface area contributed by atoms with Crippen LogP contribution in [0.2, 0.25) is 0 Å². The zero-order valence-corrected chi connectivity index (χ0v) is 17.0. The van der Waals surface area contributed by atoms with Crippen molar-refractivity contribution < 1.29 is 14.3 Å². The number of aromatic nitrogens is 4. The summed E-state index contributed by atoms with van der Waals surface area (Å²) in [5.41, 5.74) is -0.769. The molecule has 0 radical (unpaired) electrons. The highest BCUT2D eigenvalue weighted by Crippen LogP contribution is 2.25. The van der Waals surface area contributed by atoms with Crippen molar-refractivity contribution in [1.82, 2.24) is 20.0 Å². The average molecular weight is 435 g/mol. The van der Waals surface area contributed by atoms with E-state index in [1.54, 1.807) is 31.2 Å². The van der Waals surface area contributed by atoms with Crippen LogP contribution in [-0.2, 0) is 20.9 Å². The molecular formula is C17H17N5O5S2. The molecule has 0 atom stereocenters. The minimum atomic E-state index is -0.395. The quantitative estimate of drug-likeness (QED) is 0.306. The molecule has 2 aromatic heterocycles. The normalized spacial score (nSPS) is 10.8. The van der Waals surface area contributed by atoms with Crippen LogP contribution in [0.25, 0.3) is 10.8 Å². The van der Waals surface area contributed by atoms with Crippen molar-refractivity contribution in [3.8, 4) is 0 Å². The van der Waals surface area contributed by atoms with Gasteiger partial charge in [0.05, 0.1) is 29.7 Å². The van der Waals surface area contributed by atoms with Gasteiger partial charge < -0.3 is 10.1 Å². The largest absolute Gasteiger partial charge is 0.465 e. The second kappa shape index (κ2) is 9.47. The molecule has 0 unspecified atom stereocenters. The number of fused-ring (bicyclic) bond motifs is 1. The second-order valence-electron chi connectivity index (χ2n) is 5.71. The zero-order valence-electron chi connectivity index (χ0n) is 15.3. The van der Waals surface area contributed by atoms with Crippen molar-refractivity contribution in [2.24, 2.45) is 0 Å². The van der Waals surface area contributed by atoms with Gasteiger partial charge in [-0.2, -0.15) is 0 Å². The van der Waals surface area contributed by atoms with Crippen LogP contribution in [0.5, 0.6) is 0 Å². The first-order chi connectivity index (χ1) is 14.0. The summed E-state index contributed by atoms with van der Waals surface area (Å²) >= 11 is 2.29. The third kappa shape index (κ3) is 5.29. The van der Waals surface area contributed by atoms with Crippen LogP contribution in [0, 0.1) is 0 Å². The van der Waals surface area contributed by atoms with Crippen LogP contribution in [0.1, 0.15) is 13.3 Å². The molecule has 2 heterocycles. The topological polar surface area (TPSA) is 136 Å². The van der Waals surface area contributed by atoms with Gasteiger partial charge >= 0.3 is 5.97 Å². The van der Waals surface area contributed by atoms with Gasteiger partial charge in [-0.1, -0.05) is 35.2 Å². The van der Waals surface area contributed by atoms with Crippen molar-refractivity contribution in [2.45, 2.75) is 24.2 Å². The molecule has 0 saturated carbocycles. The van der Waals surface area contributed by atoms with Crippen LogP contribution in [-0.4, -0.2) is 44.2 Å². The van der Waals surface area contributed by atoms with Crippen molar-refractivity contribution >= 4 is 50.9 Å². The Kier molecular flexibility index (Phi) is 6.77. The number of nitrogens with one attached hydrogen (secondary N) is 2. The number of benzene rings is 1. The molecule has 2 N–H and O–H groups in total. The predicted octanol–water partition coefficient (Wildman–Crippen LogP) is 1.23. The van der Waals surface area contributed by atoms with Crippen LogP contribution in [0.15, 0.2) is 38.2 Å². The maximum absolute atomic E-state index is 12.4. The Balaban J connectivity index is 1.58. The van der Waals surface area contributed by atoms with Gasteiger partial charge in [-0.15, -0.1) is 10.2 Å². The van der Waals surface area contributed by atoms with Gasteiger partial charge in [-0.25, -0.2) is 4.68 Å². The van der Waals surface area contributed by atoms with Gasteiger partial charge in [-0.05, 0) is 19.1 Å². The Labute approximate surface area is 172 Å². The maximum atomic E-state index is 12.4. The minimum absolute atomic E-state index is 0.00795. The van der Waals surface area contributed by atoms with Crippen molar-refractivity contribution in [3.63, 3.8) is 0 Å². The van der Waals surface area contributed by atoms with Crippen molar-refractivity contribution in [3.05, 3.63) is 45.0 Å². The molecule has 3 rings (SSSR count). The molecule has 152 valence electrons. The molecule has 0 aliphatic rings. The summed E-state index contributed by atoms with van der Waals surface area (Å²) in [5.74, 6) is -0.633. The lowest BCUT2D eigenvalue weighted by Gasteiger charge is -2.06. The molecule has 1 amide bonds. The summed E-state index contributed by atoms with van der Waals surface area (Å²) in [6.07, 6.45) is -0.0426. The van der Waals surface area contributed by atoms with Crippen LogP contribution in [0.3, 0.4) is 0 Å². The third-order valence-electron chi connectivity index (χ3n) is 3.72. The first kappa shape index (κ1) is 20.7. The van der Waals surface area contributed by atoms with E-state index in [0.717, 1.165) is 16.0 Å². The fourth-order valence-corrected chi connectivity index (χ4v) is 4.01. The number of ether oxygens (including phenoxy) is 1. The summed E-state index contributed by atoms with van der Waals surface area (Å²) in [6, 6.07) is 6.49. The van der Waals surface area contributed by atoms with Gasteiger partial charge in [0.15, 0.2) is 4.34 Å². The summed E-state index contributed by atoms with van der Waals surface area (Å²) in [5, 5.41) is 13.7. The standard InChI is InChI=1S/C17H17N5O5S2/c1-2-27-13(24)9-28-17-20-19-16(29-17)18-12(23)7-8-22-15(26)11-6-4-3-5-10(11)14(25)21-22/h3-6H,2,7-9H2,1H3,(H,21,25)(H,18,19,23). The molecule has 0 aliphatic heterocycles. The molecule has 0 bridgehead atoms. The van der Waals surface area contributed by atoms with E-state index in [4.69, 9.17) is 4.74 Å². The molecule has 3 aromatic rings. The number of nitrogens with zero attached hydrogens (tertiary/aromatic N) is 3. The van der Waals surface area contributed by atoms with E-state index >= 15 is 0 Å². The van der Waals surface area contributed by atoms with Crippen LogP contribution >= 0.6 is 23.1 Å². The summed E-state index contributed by atoms with van der Waals surface area (Å²) in [7, 11) is 0. The Hall–Kier alpha value is -2.99. The van der Waals surface area contributed by atoms with Gasteiger partial charge in [0.25, 0.3) is 11.1 Å². The van der Waals surface area contributed by atoms with E-state index in [0.29, 0.717) is 21.7 Å². The van der Waals surface area contributed by atoms with E-state index in [-0.39, 0.29) is 41.3 Å². The molecule has 1 aromatic carbocycles. The number of esters is 1. The first-order valence-corrected chi connectivity index (χ1v) is 10.4. The maximum Gasteiger partial charge on any atom is 0.316 e. The molecule has 0 spiro atoms. The van der Waals surface area contributed by atoms with E-state index in [1.807, 2.05) is 0 Å². The average Bonchev–Trinajstić information content (AvgIpc) is 3.15. The number of thioether (sulfide) groups is 1. The van der Waals surface area contributed by atoms with E-state index in [9.17, 15) is 19.2 Å². The van der Waals surface area contributed by atoms with Gasteiger partial charge in [0.1, 0.15) is 0 Å². The summed E-state index contributed by atoms with van der Waals surface area (Å²) in [6.45, 7) is 2.04. The fourth-order valence-electron chi connectivity index (χ4n) is 2.44. The lowest BCUT2D eigenvalue weighted by Crippen LogP contribution is -2.31.